The first kappa shape index (κ1) is 21.0. The smallest absolute Gasteiger partial charge is 0.276 e. The van der Waals surface area contributed by atoms with Crippen molar-refractivity contribution < 1.29 is 9.59 Å². The Balaban J connectivity index is 1.61. The average Bonchev–Trinajstić information content (AvgIpc) is 3.39. The summed E-state index contributed by atoms with van der Waals surface area (Å²) >= 11 is 0. The highest BCUT2D eigenvalue weighted by molar-refractivity contribution is 6.12. The van der Waals surface area contributed by atoms with E-state index in [1.807, 2.05) is 44.2 Å². The van der Waals surface area contributed by atoms with Crippen molar-refractivity contribution in [1.29, 1.82) is 0 Å². The lowest BCUT2D eigenvalue weighted by Gasteiger charge is -2.09. The molecule has 0 saturated heterocycles. The zero-order valence-electron chi connectivity index (χ0n) is 18.5. The van der Waals surface area contributed by atoms with Crippen LogP contribution < -0.4 is 10.6 Å². The quantitative estimate of drug-likeness (QED) is 0.504. The number of aromatic nitrogens is 6. The summed E-state index contributed by atoms with van der Waals surface area (Å²) in [4.78, 5) is 26.1. The van der Waals surface area contributed by atoms with Gasteiger partial charge in [0.05, 0.1) is 52.1 Å². The third kappa shape index (κ3) is 3.66. The van der Waals surface area contributed by atoms with Gasteiger partial charge in [0.15, 0.2) is 0 Å². The molecule has 0 aliphatic heterocycles. The van der Waals surface area contributed by atoms with Gasteiger partial charge in [0.25, 0.3) is 11.8 Å². The van der Waals surface area contributed by atoms with E-state index < -0.39 is 5.91 Å². The molecule has 2 N–H and O–H groups in total. The third-order valence-corrected chi connectivity index (χ3v) is 5.40. The van der Waals surface area contributed by atoms with E-state index in [0.717, 1.165) is 11.4 Å². The molecule has 0 unspecified atom stereocenters. The van der Waals surface area contributed by atoms with Gasteiger partial charge in [-0.1, -0.05) is 18.2 Å². The summed E-state index contributed by atoms with van der Waals surface area (Å²) in [6.07, 6.45) is 3.03. The standard InChI is InChI=1S/C22H24N8O2/c1-13-19(15(3)30(27-13)16-9-7-6-8-10-16)21(31)26-18-12-24-29(5)20(18)22(32)25-17-11-23-28(4)14(17)2/h6-12H,1-5H3,(H,25,32)(H,26,31). The van der Waals surface area contributed by atoms with Crippen LogP contribution >= 0.6 is 0 Å². The number of nitrogens with zero attached hydrogens (tertiary/aromatic N) is 6. The van der Waals surface area contributed by atoms with Crippen molar-refractivity contribution in [2.75, 3.05) is 10.6 Å². The van der Waals surface area contributed by atoms with Crippen LogP contribution in [0.3, 0.4) is 0 Å². The van der Waals surface area contributed by atoms with E-state index >= 15 is 0 Å². The summed E-state index contributed by atoms with van der Waals surface area (Å²) < 4.78 is 4.81. The Kier molecular flexibility index (Phi) is 5.35. The van der Waals surface area contributed by atoms with E-state index in [9.17, 15) is 9.59 Å². The van der Waals surface area contributed by atoms with Gasteiger partial charge < -0.3 is 10.6 Å². The summed E-state index contributed by atoms with van der Waals surface area (Å²) in [5.74, 6) is -0.758. The van der Waals surface area contributed by atoms with Crippen LogP contribution in [0.25, 0.3) is 5.69 Å². The third-order valence-electron chi connectivity index (χ3n) is 5.40. The topological polar surface area (TPSA) is 112 Å². The van der Waals surface area contributed by atoms with Crippen molar-refractivity contribution >= 4 is 23.2 Å². The number of hydrogen-bond donors (Lipinski definition) is 2. The van der Waals surface area contributed by atoms with Crippen molar-refractivity contribution in [3.63, 3.8) is 0 Å². The van der Waals surface area contributed by atoms with Crippen LogP contribution in [0.2, 0.25) is 0 Å². The second-order valence-corrected chi connectivity index (χ2v) is 7.50. The number of carbonyl (C=O) groups excluding carboxylic acids is 2. The number of para-hydroxylation sites is 1. The Labute approximate surface area is 184 Å². The van der Waals surface area contributed by atoms with Crippen molar-refractivity contribution in [2.45, 2.75) is 20.8 Å². The molecule has 4 aromatic rings. The monoisotopic (exact) mass is 432 g/mol. The molecule has 0 aliphatic rings. The molecule has 10 heteroatoms. The number of amides is 2. The lowest BCUT2D eigenvalue weighted by Crippen LogP contribution is -2.21. The minimum Gasteiger partial charge on any atom is -0.318 e. The number of carbonyl (C=O) groups is 2. The van der Waals surface area contributed by atoms with Crippen molar-refractivity contribution in [3.05, 3.63) is 71.1 Å². The summed E-state index contributed by atoms with van der Waals surface area (Å²) in [5, 5.41) is 18.5. The number of rotatable bonds is 5. The fraction of sp³-hybridized carbons (Fsp3) is 0.227. The molecular formula is C22H24N8O2. The Hall–Kier alpha value is -4.21. The van der Waals surface area contributed by atoms with Gasteiger partial charge in [0.2, 0.25) is 0 Å². The van der Waals surface area contributed by atoms with Crippen molar-refractivity contribution in [1.82, 2.24) is 29.3 Å². The van der Waals surface area contributed by atoms with Gasteiger partial charge in [-0.2, -0.15) is 15.3 Å². The van der Waals surface area contributed by atoms with Gasteiger partial charge in [0.1, 0.15) is 5.69 Å². The van der Waals surface area contributed by atoms with Crippen LogP contribution in [-0.2, 0) is 14.1 Å². The van der Waals surface area contributed by atoms with E-state index in [0.29, 0.717) is 28.3 Å². The average molecular weight is 432 g/mol. The van der Waals surface area contributed by atoms with Crippen LogP contribution in [0, 0.1) is 20.8 Å². The Bertz CT molecular complexity index is 1310. The van der Waals surface area contributed by atoms with Crippen LogP contribution in [-0.4, -0.2) is 41.2 Å². The first-order valence-electron chi connectivity index (χ1n) is 10.0. The van der Waals surface area contributed by atoms with Gasteiger partial charge in [0, 0.05) is 14.1 Å². The second-order valence-electron chi connectivity index (χ2n) is 7.50. The van der Waals surface area contributed by atoms with Gasteiger partial charge >= 0.3 is 0 Å². The molecule has 4 rings (SSSR count). The normalized spacial score (nSPS) is 10.9. The molecule has 0 saturated carbocycles. The van der Waals surface area contributed by atoms with Crippen molar-refractivity contribution in [3.8, 4) is 5.69 Å². The lowest BCUT2D eigenvalue weighted by atomic mass is 10.1. The molecule has 164 valence electrons. The highest BCUT2D eigenvalue weighted by Crippen LogP contribution is 2.22. The predicted molar refractivity (Wildman–Crippen MR) is 120 cm³/mol. The first-order valence-corrected chi connectivity index (χ1v) is 10.0. The SMILES string of the molecule is Cc1nn(-c2ccccc2)c(C)c1C(=O)Nc1cnn(C)c1C(=O)Nc1cnn(C)c1C. The fourth-order valence-corrected chi connectivity index (χ4v) is 3.58. The van der Waals surface area contributed by atoms with Gasteiger partial charge in [-0.15, -0.1) is 0 Å². The summed E-state index contributed by atoms with van der Waals surface area (Å²) in [6, 6.07) is 9.59. The summed E-state index contributed by atoms with van der Waals surface area (Å²) in [6.45, 7) is 5.47. The molecule has 0 aliphatic carbocycles. The van der Waals surface area contributed by atoms with Gasteiger partial charge in [-0.3, -0.25) is 19.0 Å². The number of aryl methyl sites for hydroxylation is 3. The molecule has 0 radical (unpaired) electrons. The van der Waals surface area contributed by atoms with E-state index in [1.54, 1.807) is 36.6 Å². The number of nitrogens with one attached hydrogen (secondary N) is 2. The fourth-order valence-electron chi connectivity index (χ4n) is 3.58. The summed E-state index contributed by atoms with van der Waals surface area (Å²) in [5.41, 5.74) is 4.54. The molecule has 32 heavy (non-hydrogen) atoms. The Morgan fingerprint density at radius 2 is 1.44 bits per heavy atom. The lowest BCUT2D eigenvalue weighted by molar-refractivity contribution is 0.101. The summed E-state index contributed by atoms with van der Waals surface area (Å²) in [7, 11) is 3.44. The van der Waals surface area contributed by atoms with E-state index in [4.69, 9.17) is 0 Å². The van der Waals surface area contributed by atoms with Crippen LogP contribution in [0.5, 0.6) is 0 Å². The van der Waals surface area contributed by atoms with E-state index in [-0.39, 0.29) is 11.6 Å². The zero-order valence-corrected chi connectivity index (χ0v) is 18.5. The second kappa shape index (κ2) is 8.14. The molecule has 3 heterocycles. The first-order chi connectivity index (χ1) is 15.3. The Morgan fingerprint density at radius 3 is 2.09 bits per heavy atom. The maximum Gasteiger partial charge on any atom is 0.276 e. The molecule has 0 bridgehead atoms. The van der Waals surface area contributed by atoms with E-state index in [1.165, 1.54) is 10.9 Å². The maximum atomic E-state index is 13.2. The number of hydrogen-bond acceptors (Lipinski definition) is 5. The number of anilines is 2. The van der Waals surface area contributed by atoms with Crippen LogP contribution in [0.1, 0.15) is 37.9 Å². The zero-order chi connectivity index (χ0) is 23.0. The van der Waals surface area contributed by atoms with Gasteiger partial charge in [-0.25, -0.2) is 4.68 Å². The molecule has 2 amide bonds. The largest absolute Gasteiger partial charge is 0.318 e. The Morgan fingerprint density at radius 1 is 0.812 bits per heavy atom. The molecule has 1 aromatic carbocycles. The molecule has 3 aromatic heterocycles. The maximum absolute atomic E-state index is 13.2. The minimum absolute atomic E-state index is 0.229. The molecule has 10 nitrogen and oxygen atoms in total. The van der Waals surface area contributed by atoms with Crippen LogP contribution in [0.4, 0.5) is 11.4 Å². The molecule has 0 spiro atoms. The highest BCUT2D eigenvalue weighted by Gasteiger charge is 2.24. The number of benzene rings is 1. The molecular weight excluding hydrogens is 408 g/mol. The highest BCUT2D eigenvalue weighted by atomic mass is 16.2. The predicted octanol–water partition coefficient (Wildman–Crippen LogP) is 2.77. The minimum atomic E-state index is -0.398. The van der Waals surface area contributed by atoms with E-state index in [2.05, 4.69) is 25.9 Å². The van der Waals surface area contributed by atoms with Crippen LogP contribution in [0.15, 0.2) is 42.7 Å². The van der Waals surface area contributed by atoms with Gasteiger partial charge in [-0.05, 0) is 32.9 Å². The molecule has 0 fully saturated rings. The van der Waals surface area contributed by atoms with Crippen molar-refractivity contribution in [2.24, 2.45) is 14.1 Å². The molecule has 0 atom stereocenters.